The summed E-state index contributed by atoms with van der Waals surface area (Å²) in [6, 6.07) is 16.3. The first-order valence-corrected chi connectivity index (χ1v) is 15.1. The van der Waals surface area contributed by atoms with Gasteiger partial charge in [0, 0.05) is 35.8 Å². The molecule has 1 saturated carbocycles. The van der Waals surface area contributed by atoms with E-state index in [-0.39, 0.29) is 48.8 Å². The van der Waals surface area contributed by atoms with Crippen LogP contribution in [0.2, 0.25) is 15.1 Å². The highest BCUT2D eigenvalue weighted by Crippen LogP contribution is 2.39. The minimum Gasteiger partial charge on any atom is -0.490 e. The summed E-state index contributed by atoms with van der Waals surface area (Å²) in [5.74, 6) is 0.930. The average Bonchev–Trinajstić information content (AvgIpc) is 3.86. The van der Waals surface area contributed by atoms with Crippen LogP contribution in [0, 0.1) is 0 Å². The highest BCUT2D eigenvalue weighted by Gasteiger charge is 2.38. The van der Waals surface area contributed by atoms with E-state index in [0.29, 0.717) is 46.6 Å². The van der Waals surface area contributed by atoms with Crippen molar-refractivity contribution in [2.24, 2.45) is 0 Å². The Morgan fingerprint density at radius 3 is 2.38 bits per heavy atom. The van der Waals surface area contributed by atoms with E-state index in [1.807, 2.05) is 24.3 Å². The van der Waals surface area contributed by atoms with Gasteiger partial charge in [0.15, 0.2) is 0 Å². The fourth-order valence-electron chi connectivity index (χ4n) is 4.89. The second-order valence-electron chi connectivity index (χ2n) is 10.2. The zero-order valence-electron chi connectivity index (χ0n) is 23.9. The molecule has 1 amide bonds. The maximum atomic E-state index is 13.9. The van der Waals surface area contributed by atoms with Gasteiger partial charge in [-0.2, -0.15) is 13.2 Å². The standard InChI is InChI=1S/C31H28Cl3F3N2O3.CH2O2/c32-21-6-11-27(33)28(16-21)42-15-14-41-23-9-4-19(5-10-23)24-12-13-38-17-25(24)30(40)39(22-7-8-22)18-20-2-1-3-26(29(20)34)31(35,36)37;2-1-3/h1-6,9-11,16,22,38H,7-8,12-15,17-18H2;1H,(H,2,3). The Balaban J connectivity index is 0.00000148. The molecular weight excluding hydrogens is 656 g/mol. The summed E-state index contributed by atoms with van der Waals surface area (Å²) in [4.78, 5) is 23.9. The number of amides is 1. The second kappa shape index (κ2) is 15.7. The molecule has 0 spiro atoms. The summed E-state index contributed by atoms with van der Waals surface area (Å²) in [5, 5.41) is 10.8. The van der Waals surface area contributed by atoms with E-state index in [1.54, 1.807) is 29.2 Å². The zero-order valence-corrected chi connectivity index (χ0v) is 26.1. The summed E-state index contributed by atoms with van der Waals surface area (Å²) in [5.41, 5.74) is 1.79. The number of benzene rings is 3. The smallest absolute Gasteiger partial charge is 0.417 e. The lowest BCUT2D eigenvalue weighted by molar-refractivity contribution is -0.137. The number of nitrogens with zero attached hydrogens (tertiary/aromatic N) is 1. The number of rotatable bonds is 10. The number of carboxylic acid groups (broad SMARTS) is 1. The number of halogens is 6. The molecule has 240 valence electrons. The van der Waals surface area contributed by atoms with Crippen molar-refractivity contribution in [3.8, 4) is 11.5 Å². The molecular formula is C32H30Cl3F3N2O5. The molecule has 1 heterocycles. The number of alkyl halides is 3. The number of hydrogen-bond acceptors (Lipinski definition) is 5. The maximum Gasteiger partial charge on any atom is 0.417 e. The van der Waals surface area contributed by atoms with Crippen LogP contribution in [0.15, 0.2) is 66.2 Å². The Kier molecular flexibility index (Phi) is 12.0. The molecule has 0 saturated heterocycles. The van der Waals surface area contributed by atoms with Gasteiger partial charge in [-0.05, 0) is 72.8 Å². The summed E-state index contributed by atoms with van der Waals surface area (Å²) >= 11 is 18.3. The normalized spacial score (nSPS) is 14.7. The molecule has 2 aliphatic rings. The van der Waals surface area contributed by atoms with E-state index in [1.165, 1.54) is 6.07 Å². The van der Waals surface area contributed by atoms with Crippen molar-refractivity contribution in [1.29, 1.82) is 0 Å². The van der Waals surface area contributed by atoms with E-state index < -0.39 is 11.7 Å². The molecule has 0 radical (unpaired) electrons. The predicted octanol–water partition coefficient (Wildman–Crippen LogP) is 7.76. The van der Waals surface area contributed by atoms with E-state index >= 15 is 0 Å². The van der Waals surface area contributed by atoms with Crippen molar-refractivity contribution in [3.63, 3.8) is 0 Å². The topological polar surface area (TPSA) is 88.1 Å². The van der Waals surface area contributed by atoms with Crippen LogP contribution >= 0.6 is 34.8 Å². The molecule has 1 aliphatic heterocycles. The van der Waals surface area contributed by atoms with Gasteiger partial charge >= 0.3 is 6.18 Å². The third kappa shape index (κ3) is 9.29. The van der Waals surface area contributed by atoms with Crippen molar-refractivity contribution in [2.45, 2.75) is 38.0 Å². The van der Waals surface area contributed by atoms with Crippen LogP contribution in [-0.2, 0) is 22.3 Å². The Bertz CT molecular complexity index is 1530. The van der Waals surface area contributed by atoms with Gasteiger partial charge < -0.3 is 24.8 Å². The molecule has 1 aliphatic carbocycles. The average molecular weight is 686 g/mol. The first kappa shape index (κ1) is 34.4. The van der Waals surface area contributed by atoms with Crippen LogP contribution in [0.5, 0.6) is 11.5 Å². The molecule has 0 aromatic heterocycles. The van der Waals surface area contributed by atoms with Gasteiger partial charge in [0.25, 0.3) is 12.4 Å². The molecule has 2 N–H and O–H groups in total. The molecule has 1 fully saturated rings. The fourth-order valence-corrected chi connectivity index (χ4v) is 5.52. The minimum absolute atomic E-state index is 0.0122. The molecule has 3 aromatic carbocycles. The van der Waals surface area contributed by atoms with Crippen LogP contribution in [0.4, 0.5) is 13.2 Å². The molecule has 3 aromatic rings. The largest absolute Gasteiger partial charge is 0.490 e. The lowest BCUT2D eigenvalue weighted by atomic mass is 9.93. The monoisotopic (exact) mass is 684 g/mol. The third-order valence-electron chi connectivity index (χ3n) is 7.15. The number of ether oxygens (including phenoxy) is 2. The van der Waals surface area contributed by atoms with Gasteiger partial charge in [0.05, 0.1) is 15.6 Å². The van der Waals surface area contributed by atoms with Crippen molar-refractivity contribution < 1.29 is 37.3 Å². The second-order valence-corrected chi connectivity index (χ2v) is 11.4. The van der Waals surface area contributed by atoms with Crippen LogP contribution in [-0.4, -0.2) is 54.7 Å². The summed E-state index contributed by atoms with van der Waals surface area (Å²) < 4.78 is 51.8. The van der Waals surface area contributed by atoms with Crippen LogP contribution in [0.3, 0.4) is 0 Å². The SMILES string of the molecule is O=C(C1=C(c2ccc(OCCOc3cc(Cl)ccc3Cl)cc2)CCNC1)N(Cc1cccc(C(F)(F)F)c1Cl)C1CC1.O=CO. The number of carbonyl (C=O) groups excluding carboxylic acids is 1. The Morgan fingerprint density at radius 1 is 1.02 bits per heavy atom. The fraction of sp³-hybridized carbons (Fsp3) is 0.312. The predicted molar refractivity (Wildman–Crippen MR) is 167 cm³/mol. The highest BCUT2D eigenvalue weighted by molar-refractivity contribution is 6.34. The first-order valence-electron chi connectivity index (χ1n) is 14.0. The van der Waals surface area contributed by atoms with Gasteiger partial charge in [-0.15, -0.1) is 0 Å². The third-order valence-corrected chi connectivity index (χ3v) is 8.15. The van der Waals surface area contributed by atoms with E-state index in [2.05, 4.69) is 5.32 Å². The lowest BCUT2D eigenvalue weighted by Gasteiger charge is -2.29. The highest BCUT2D eigenvalue weighted by atomic mass is 35.5. The molecule has 5 rings (SSSR count). The van der Waals surface area contributed by atoms with Gasteiger partial charge in [-0.1, -0.05) is 59.1 Å². The van der Waals surface area contributed by atoms with Crippen molar-refractivity contribution in [3.05, 3.63) is 98.0 Å². The summed E-state index contributed by atoms with van der Waals surface area (Å²) in [6.45, 7) is 1.39. The van der Waals surface area contributed by atoms with E-state index in [4.69, 9.17) is 54.2 Å². The molecule has 0 bridgehead atoms. The minimum atomic E-state index is -4.57. The van der Waals surface area contributed by atoms with Crippen molar-refractivity contribution in [1.82, 2.24) is 10.2 Å². The van der Waals surface area contributed by atoms with Crippen molar-refractivity contribution in [2.75, 3.05) is 26.3 Å². The van der Waals surface area contributed by atoms with Crippen LogP contribution in [0.25, 0.3) is 5.57 Å². The lowest BCUT2D eigenvalue weighted by Crippen LogP contribution is -2.39. The number of carbonyl (C=O) groups is 2. The van der Waals surface area contributed by atoms with Gasteiger partial charge in [-0.25, -0.2) is 0 Å². The van der Waals surface area contributed by atoms with Crippen molar-refractivity contribution >= 4 is 52.8 Å². The molecule has 0 unspecified atom stereocenters. The summed E-state index contributed by atoms with van der Waals surface area (Å²) in [6.07, 6.45) is -2.33. The van der Waals surface area contributed by atoms with Gasteiger partial charge in [0.1, 0.15) is 24.7 Å². The van der Waals surface area contributed by atoms with E-state index in [9.17, 15) is 18.0 Å². The quantitative estimate of drug-likeness (QED) is 0.168. The zero-order chi connectivity index (χ0) is 32.6. The number of hydrogen-bond donors (Lipinski definition) is 2. The maximum absolute atomic E-state index is 13.9. The first-order chi connectivity index (χ1) is 21.5. The molecule has 13 heteroatoms. The van der Waals surface area contributed by atoms with Crippen LogP contribution in [0.1, 0.15) is 36.0 Å². The molecule has 0 atom stereocenters. The molecule has 7 nitrogen and oxygen atoms in total. The van der Waals surface area contributed by atoms with Crippen LogP contribution < -0.4 is 14.8 Å². The van der Waals surface area contributed by atoms with E-state index in [0.717, 1.165) is 30.0 Å². The Hall–Kier alpha value is -3.44. The Morgan fingerprint density at radius 2 is 1.71 bits per heavy atom. The molecule has 45 heavy (non-hydrogen) atoms. The van der Waals surface area contributed by atoms with Gasteiger partial charge in [-0.3, -0.25) is 9.59 Å². The van der Waals surface area contributed by atoms with Gasteiger partial charge in [0.2, 0.25) is 0 Å². The summed E-state index contributed by atoms with van der Waals surface area (Å²) in [7, 11) is 0. The Labute approximate surface area is 273 Å². The number of nitrogens with one attached hydrogen (secondary N) is 1.